The van der Waals surface area contributed by atoms with Crippen LogP contribution in [0.3, 0.4) is 0 Å². The number of hydrogen-bond donors (Lipinski definition) is 3. The van der Waals surface area contributed by atoms with Gasteiger partial charge in [-0.15, -0.1) is 0 Å². The van der Waals surface area contributed by atoms with Crippen molar-refractivity contribution in [3.05, 3.63) is 23.3 Å². The number of aliphatic hydroxyl groups is 3. The van der Waals surface area contributed by atoms with Crippen LogP contribution < -0.4 is 0 Å². The normalized spacial score (nSPS) is 42.2. The third-order valence-corrected chi connectivity index (χ3v) is 8.09. The number of esters is 2. The average Bonchev–Trinajstić information content (AvgIpc) is 2.64. The number of ether oxygens (including phenoxy) is 2. The first-order valence-electron chi connectivity index (χ1n) is 11.0. The zero-order valence-electron chi connectivity index (χ0n) is 19.3. The number of hydrogen-bond acceptors (Lipinski definition) is 7. The van der Waals surface area contributed by atoms with Gasteiger partial charge in [-0.05, 0) is 54.2 Å². The van der Waals surface area contributed by atoms with E-state index in [1.165, 1.54) is 13.8 Å². The molecule has 0 amide bonds. The minimum atomic E-state index is -1.14. The lowest BCUT2D eigenvalue weighted by molar-refractivity contribution is -0.180. The topological polar surface area (TPSA) is 113 Å². The molecule has 8 atom stereocenters. The SMILES string of the molecule is C=C1[C@@H](O)CC[C@@]2(C)[C@@H](O)[C@H](OC(C)=O)C3=C(C)[C@@H](OC(C)=O)C[C@@H]([C@@H](O)[C@H]12)C3(C)C. The highest BCUT2D eigenvalue weighted by Gasteiger charge is 2.61. The van der Waals surface area contributed by atoms with Gasteiger partial charge in [-0.25, -0.2) is 0 Å². The second-order valence-corrected chi connectivity index (χ2v) is 10.3. The summed E-state index contributed by atoms with van der Waals surface area (Å²) < 4.78 is 11.3. The van der Waals surface area contributed by atoms with Crippen molar-refractivity contribution in [3.63, 3.8) is 0 Å². The molecular formula is C24H36O7. The molecule has 0 aromatic carbocycles. The molecule has 174 valence electrons. The second kappa shape index (κ2) is 8.01. The summed E-state index contributed by atoms with van der Waals surface area (Å²) in [5.41, 5.74) is 0.394. The highest BCUT2D eigenvalue weighted by atomic mass is 16.6. The largest absolute Gasteiger partial charge is 0.458 e. The quantitative estimate of drug-likeness (QED) is 0.450. The molecule has 3 aliphatic rings. The molecule has 7 nitrogen and oxygen atoms in total. The first-order chi connectivity index (χ1) is 14.2. The van der Waals surface area contributed by atoms with Crippen LogP contribution in [-0.4, -0.2) is 57.8 Å². The third-order valence-electron chi connectivity index (χ3n) is 8.09. The van der Waals surface area contributed by atoms with Gasteiger partial charge in [0.2, 0.25) is 0 Å². The van der Waals surface area contributed by atoms with E-state index in [0.29, 0.717) is 30.4 Å². The van der Waals surface area contributed by atoms with Crippen molar-refractivity contribution in [1.29, 1.82) is 0 Å². The zero-order valence-corrected chi connectivity index (χ0v) is 19.3. The van der Waals surface area contributed by atoms with Crippen LogP contribution in [0.25, 0.3) is 0 Å². The zero-order chi connectivity index (χ0) is 23.5. The fourth-order valence-corrected chi connectivity index (χ4v) is 6.48. The number of fused-ring (bicyclic) bond motifs is 3. The van der Waals surface area contributed by atoms with Gasteiger partial charge in [-0.1, -0.05) is 27.4 Å². The van der Waals surface area contributed by atoms with Gasteiger partial charge < -0.3 is 24.8 Å². The Morgan fingerprint density at radius 3 is 2.19 bits per heavy atom. The Morgan fingerprint density at radius 2 is 1.65 bits per heavy atom. The summed E-state index contributed by atoms with van der Waals surface area (Å²) in [6, 6.07) is 0. The molecule has 2 saturated carbocycles. The van der Waals surface area contributed by atoms with Crippen LogP contribution in [0.4, 0.5) is 0 Å². The van der Waals surface area contributed by atoms with Crippen LogP contribution in [0, 0.1) is 22.7 Å². The van der Waals surface area contributed by atoms with Gasteiger partial charge in [0.05, 0.1) is 12.2 Å². The predicted molar refractivity (Wildman–Crippen MR) is 114 cm³/mol. The highest BCUT2D eigenvalue weighted by Crippen LogP contribution is 2.59. The maximum Gasteiger partial charge on any atom is 0.303 e. The van der Waals surface area contributed by atoms with E-state index in [9.17, 15) is 24.9 Å². The fourth-order valence-electron chi connectivity index (χ4n) is 6.48. The van der Waals surface area contributed by atoms with E-state index in [-0.39, 0.29) is 5.92 Å². The molecule has 0 unspecified atom stereocenters. The fraction of sp³-hybridized carbons (Fsp3) is 0.750. The molecule has 0 aromatic rings. The van der Waals surface area contributed by atoms with Crippen LogP contribution in [0.2, 0.25) is 0 Å². The molecule has 0 saturated heterocycles. The van der Waals surface area contributed by atoms with Crippen LogP contribution >= 0.6 is 0 Å². The summed E-state index contributed by atoms with van der Waals surface area (Å²) in [6.45, 7) is 14.3. The van der Waals surface area contributed by atoms with Gasteiger partial charge in [0, 0.05) is 25.2 Å². The molecule has 3 N–H and O–H groups in total. The lowest BCUT2D eigenvalue weighted by Gasteiger charge is -2.59. The Morgan fingerprint density at radius 1 is 1.06 bits per heavy atom. The first kappa shape index (κ1) is 24.0. The molecule has 0 aromatic heterocycles. The molecule has 7 heteroatoms. The van der Waals surface area contributed by atoms with E-state index in [4.69, 9.17) is 9.47 Å². The van der Waals surface area contributed by atoms with E-state index >= 15 is 0 Å². The van der Waals surface area contributed by atoms with Crippen molar-refractivity contribution in [3.8, 4) is 0 Å². The molecule has 0 spiro atoms. The van der Waals surface area contributed by atoms with Crippen molar-refractivity contribution in [2.24, 2.45) is 22.7 Å². The lowest BCUT2D eigenvalue weighted by Crippen LogP contribution is -2.62. The molecule has 3 aliphatic carbocycles. The highest BCUT2D eigenvalue weighted by molar-refractivity contribution is 5.67. The minimum absolute atomic E-state index is 0.368. The Kier molecular flexibility index (Phi) is 6.19. The van der Waals surface area contributed by atoms with E-state index in [1.54, 1.807) is 0 Å². The molecule has 0 radical (unpaired) electrons. The summed E-state index contributed by atoms with van der Waals surface area (Å²) in [5, 5.41) is 33.9. The summed E-state index contributed by atoms with van der Waals surface area (Å²) >= 11 is 0. The van der Waals surface area contributed by atoms with E-state index in [0.717, 1.165) is 5.57 Å². The Labute approximate surface area is 184 Å². The van der Waals surface area contributed by atoms with Crippen molar-refractivity contribution in [1.82, 2.24) is 0 Å². The smallest absolute Gasteiger partial charge is 0.303 e. The molecule has 3 rings (SSSR count). The van der Waals surface area contributed by atoms with Crippen molar-refractivity contribution < 1.29 is 34.4 Å². The summed E-state index contributed by atoms with van der Waals surface area (Å²) in [4.78, 5) is 23.9. The van der Waals surface area contributed by atoms with Crippen LogP contribution in [-0.2, 0) is 19.1 Å². The maximum absolute atomic E-state index is 12.1. The second-order valence-electron chi connectivity index (χ2n) is 10.3. The van der Waals surface area contributed by atoms with Gasteiger partial charge in [0.15, 0.2) is 6.10 Å². The van der Waals surface area contributed by atoms with E-state index < -0.39 is 59.2 Å². The van der Waals surface area contributed by atoms with Crippen LogP contribution in [0.1, 0.15) is 60.8 Å². The maximum atomic E-state index is 12.1. The average molecular weight is 437 g/mol. The Bertz CT molecular complexity index is 813. The minimum Gasteiger partial charge on any atom is -0.458 e. The van der Waals surface area contributed by atoms with Gasteiger partial charge in [0.25, 0.3) is 0 Å². The standard InChI is InChI=1S/C24H36O7/c1-11-16(27)8-9-24(7)18(11)20(28)15-10-17(30-13(3)25)12(2)19(23(15,5)6)21(22(24)29)31-14(4)26/h15-18,20-22,27-29H,1,8-10H2,2-7H3/t15-,16-,17-,18-,20+,21+,22-,24+/m0/s1. The molecule has 31 heavy (non-hydrogen) atoms. The van der Waals surface area contributed by atoms with E-state index in [1.807, 2.05) is 27.7 Å². The van der Waals surface area contributed by atoms with Gasteiger partial charge in [-0.2, -0.15) is 0 Å². The summed E-state index contributed by atoms with van der Waals surface area (Å²) in [5.74, 6) is -1.94. The Balaban J connectivity index is 2.28. The van der Waals surface area contributed by atoms with Crippen molar-refractivity contribution >= 4 is 11.9 Å². The van der Waals surface area contributed by atoms with Crippen LogP contribution in [0.5, 0.6) is 0 Å². The monoisotopic (exact) mass is 436 g/mol. The lowest BCUT2D eigenvalue weighted by atomic mass is 9.49. The van der Waals surface area contributed by atoms with E-state index in [2.05, 4.69) is 6.58 Å². The Hall–Kier alpha value is -1.70. The van der Waals surface area contributed by atoms with Crippen molar-refractivity contribution in [2.45, 2.75) is 91.3 Å². The van der Waals surface area contributed by atoms with Gasteiger partial charge in [0.1, 0.15) is 12.2 Å². The molecule has 2 fully saturated rings. The van der Waals surface area contributed by atoms with Gasteiger partial charge >= 0.3 is 11.9 Å². The van der Waals surface area contributed by atoms with Crippen molar-refractivity contribution in [2.75, 3.05) is 0 Å². The molecule has 0 aliphatic heterocycles. The molecule has 0 heterocycles. The van der Waals surface area contributed by atoms with Crippen LogP contribution in [0.15, 0.2) is 23.3 Å². The molecule has 2 bridgehead atoms. The van der Waals surface area contributed by atoms with Gasteiger partial charge in [-0.3, -0.25) is 9.59 Å². The number of aliphatic hydroxyl groups excluding tert-OH is 3. The number of rotatable bonds is 2. The molecular weight excluding hydrogens is 400 g/mol. The summed E-state index contributed by atoms with van der Waals surface area (Å²) in [7, 11) is 0. The predicted octanol–water partition coefficient (Wildman–Crippen LogP) is 2.28. The number of carbonyl (C=O) groups excluding carboxylic acids is 2. The third kappa shape index (κ3) is 3.74. The number of carbonyl (C=O) groups is 2. The first-order valence-corrected chi connectivity index (χ1v) is 11.0. The summed E-state index contributed by atoms with van der Waals surface area (Å²) in [6.07, 6.45) is -3.17.